The smallest absolute Gasteiger partial charge is 0.357 e. The number of rotatable bonds is 6. The molecule has 0 heterocycles. The van der Waals surface area contributed by atoms with Crippen LogP contribution in [0.2, 0.25) is 0 Å². The average Bonchev–Trinajstić information content (AvgIpc) is 3.06. The predicted molar refractivity (Wildman–Crippen MR) is 208 cm³/mol. The molecule has 54 heavy (non-hydrogen) atoms. The molecule has 5 aromatic rings. The Bertz CT molecular complexity index is 1640. The lowest BCUT2D eigenvalue weighted by Crippen LogP contribution is -3.61. The Balaban J connectivity index is 0.000000227. The highest BCUT2D eigenvalue weighted by atomic mass is 127. The van der Waals surface area contributed by atoms with E-state index in [9.17, 15) is 18.8 Å². The Morgan fingerprint density at radius 3 is 0.815 bits per heavy atom. The first kappa shape index (κ1) is 45.6. The molecule has 8 heteroatoms. The highest BCUT2D eigenvalue weighted by Gasteiger charge is 2.22. The molecule has 3 nitrogen and oxygen atoms in total. The molecule has 0 aliphatic heterocycles. The van der Waals surface area contributed by atoms with Gasteiger partial charge in [0.25, 0.3) is 0 Å². The van der Waals surface area contributed by atoms with E-state index < -0.39 is 24.7 Å². The maximum absolute atomic E-state index is 12.6. The van der Waals surface area contributed by atoms with Gasteiger partial charge in [0.05, 0.1) is 0 Å². The van der Waals surface area contributed by atoms with E-state index in [1.807, 2.05) is 0 Å². The number of hydrogen-bond donors (Lipinski definition) is 0. The maximum atomic E-state index is 12.6. The van der Waals surface area contributed by atoms with E-state index in [2.05, 4.69) is 185 Å². The third-order valence-electron chi connectivity index (χ3n) is 8.41. The van der Waals surface area contributed by atoms with Gasteiger partial charge in [-0.15, -0.1) is 0 Å². The van der Waals surface area contributed by atoms with Crippen molar-refractivity contribution in [1.29, 1.82) is 0 Å². The fourth-order valence-electron chi connectivity index (χ4n) is 4.99. The van der Waals surface area contributed by atoms with Gasteiger partial charge in [-0.2, -0.15) is 0 Å². The Morgan fingerprint density at radius 2 is 0.630 bits per heavy atom. The molecule has 5 rings (SSSR count). The Hall–Kier alpha value is -2.80. The molecule has 0 fully saturated rings. The van der Waals surface area contributed by atoms with E-state index in [0.29, 0.717) is 0 Å². The van der Waals surface area contributed by atoms with E-state index in [-0.39, 0.29) is 64.1 Å². The van der Waals surface area contributed by atoms with Crippen LogP contribution in [0.3, 0.4) is 0 Å². The van der Waals surface area contributed by atoms with Crippen molar-refractivity contribution in [1.82, 2.24) is 0 Å². The van der Waals surface area contributed by atoms with Crippen molar-refractivity contribution in [3.8, 4) is 5.75 Å². The van der Waals surface area contributed by atoms with Gasteiger partial charge in [0, 0.05) is 0 Å². The summed E-state index contributed by atoms with van der Waals surface area (Å²) in [6.45, 7) is 27.2. The van der Waals surface area contributed by atoms with Crippen LogP contribution in [-0.2, 0) is 21.7 Å². The number of halogens is 4. The monoisotopic (exact) mass is 958 g/mol. The molecule has 0 unspecified atom stereocenters. The first-order valence-corrected chi connectivity index (χ1v) is 22.4. The summed E-state index contributed by atoms with van der Waals surface area (Å²) < 4.78 is 34.9. The molecule has 0 aliphatic rings. The lowest BCUT2D eigenvalue weighted by Gasteiger charge is -2.26. The Morgan fingerprint density at radius 1 is 0.407 bits per heavy atom. The highest BCUT2D eigenvalue weighted by Crippen LogP contribution is 2.24. The highest BCUT2D eigenvalue weighted by molar-refractivity contribution is 6.29. The van der Waals surface area contributed by atoms with Gasteiger partial charge in [-0.05, 0) is 105 Å². The zero-order chi connectivity index (χ0) is 40.5. The van der Waals surface area contributed by atoms with Crippen molar-refractivity contribution in [2.75, 3.05) is 0 Å². The van der Waals surface area contributed by atoms with Crippen LogP contribution >= 0.6 is 0 Å². The summed E-state index contributed by atoms with van der Waals surface area (Å²) in [4.78, 5) is 0. The van der Waals surface area contributed by atoms with E-state index in [1.54, 1.807) is 0 Å². The zero-order valence-electron chi connectivity index (χ0n) is 33.8. The third-order valence-corrected chi connectivity index (χ3v) is 13.8. The summed E-state index contributed by atoms with van der Waals surface area (Å²) in [5, 5.41) is 19.8. The molecule has 0 aliphatic carbocycles. The largest absolute Gasteiger partial charge is 0.860 e. The van der Waals surface area contributed by atoms with Crippen molar-refractivity contribution in [2.24, 2.45) is 0 Å². The molecule has 5 aromatic carbocycles. The van der Waals surface area contributed by atoms with E-state index >= 15 is 0 Å². The SMILES string of the molecule is CC(C)(C)c1ccc([I+]c2ccc(C(C)(C)C)cc2)cc1.CC(C)(C)c1ccc([I+]c2ccc(C(C)(C)C)cc2)cc1.[O-]B([O-])Oc1c(F)cccc1F. The van der Waals surface area contributed by atoms with Crippen molar-refractivity contribution in [2.45, 2.75) is 105 Å². The summed E-state index contributed by atoms with van der Waals surface area (Å²) in [5.74, 6) is -3.05. The quantitative estimate of drug-likeness (QED) is 0.192. The molecule has 0 saturated heterocycles. The standard InChI is InChI=1S/2C20H26I.C6H3BF2O3/c2*1-19(2,3)15-7-11-17(12-8-15)21-18-13-9-16(10-14-18)20(4,5)6;8-4-2-1-3-5(9)6(4)12-7(10)11/h2*7-14H,1-6H3;1-3H/q2*+1;-2. The second-order valence-electron chi connectivity index (χ2n) is 17.2. The Kier molecular flexibility index (Phi) is 16.4. The van der Waals surface area contributed by atoms with Crippen molar-refractivity contribution < 1.29 is 65.9 Å². The zero-order valence-corrected chi connectivity index (χ0v) is 38.1. The summed E-state index contributed by atoms with van der Waals surface area (Å²) in [5.41, 5.74) is 6.63. The molecule has 0 spiro atoms. The minimum atomic E-state index is -2.73. The van der Waals surface area contributed by atoms with Gasteiger partial charge in [-0.25, -0.2) is 8.78 Å². The van der Waals surface area contributed by atoms with Crippen LogP contribution in [0.4, 0.5) is 8.78 Å². The Labute approximate surface area is 344 Å². The molecule has 0 saturated carbocycles. The molecule has 0 bridgehead atoms. The summed E-state index contributed by atoms with van der Waals surface area (Å²) in [6.07, 6.45) is 0. The molecule has 0 aromatic heterocycles. The molecular weight excluding hydrogens is 903 g/mol. The van der Waals surface area contributed by atoms with Gasteiger partial charge in [-0.3, -0.25) is 0 Å². The van der Waals surface area contributed by atoms with Gasteiger partial charge in [0.15, 0.2) is 31.7 Å². The molecule has 0 atom stereocenters. The summed E-state index contributed by atoms with van der Waals surface area (Å²) in [6, 6.07) is 39.7. The second kappa shape index (κ2) is 19.4. The van der Waals surface area contributed by atoms with Crippen LogP contribution in [0, 0.1) is 25.9 Å². The van der Waals surface area contributed by atoms with Crippen LogP contribution < -0.4 is 57.1 Å². The van der Waals surface area contributed by atoms with Gasteiger partial charge >= 0.3 is 42.4 Å². The fourth-order valence-corrected chi connectivity index (χ4v) is 9.31. The van der Waals surface area contributed by atoms with Crippen LogP contribution in [-0.4, -0.2) is 7.32 Å². The van der Waals surface area contributed by atoms with Gasteiger partial charge in [0.2, 0.25) is 0 Å². The maximum Gasteiger partial charge on any atom is 0.357 e. The van der Waals surface area contributed by atoms with Crippen molar-refractivity contribution in [3.05, 3.63) is 163 Å². The van der Waals surface area contributed by atoms with Crippen molar-refractivity contribution in [3.63, 3.8) is 0 Å². The molecule has 0 radical (unpaired) electrons. The van der Waals surface area contributed by atoms with Gasteiger partial charge in [0.1, 0.15) is 7.32 Å². The van der Waals surface area contributed by atoms with E-state index in [4.69, 9.17) is 0 Å². The summed E-state index contributed by atoms with van der Waals surface area (Å²) >= 11 is -0.141. The normalized spacial score (nSPS) is 11.9. The third kappa shape index (κ3) is 15.0. The van der Waals surface area contributed by atoms with Crippen LogP contribution in [0.1, 0.15) is 105 Å². The lowest BCUT2D eigenvalue weighted by atomic mass is 9.87. The summed E-state index contributed by atoms with van der Waals surface area (Å²) in [7, 11) is -2.73. The van der Waals surface area contributed by atoms with Crippen LogP contribution in [0.5, 0.6) is 5.75 Å². The molecule has 0 N–H and O–H groups in total. The lowest BCUT2D eigenvalue weighted by molar-refractivity contribution is -0.597. The predicted octanol–water partition coefficient (Wildman–Crippen LogP) is 3.87. The first-order valence-electron chi connectivity index (χ1n) is 18.1. The number of para-hydroxylation sites is 1. The second-order valence-corrected chi connectivity index (χ2v) is 23.2. The van der Waals surface area contributed by atoms with Gasteiger partial charge < -0.3 is 14.7 Å². The van der Waals surface area contributed by atoms with Crippen LogP contribution in [0.15, 0.2) is 115 Å². The minimum Gasteiger partial charge on any atom is -0.860 e. The van der Waals surface area contributed by atoms with E-state index in [1.165, 1.54) is 36.5 Å². The fraction of sp³-hybridized carbons (Fsp3) is 0.348. The van der Waals surface area contributed by atoms with E-state index in [0.717, 1.165) is 18.2 Å². The average molecular weight is 959 g/mol. The minimum absolute atomic E-state index is 0.0703. The molecule has 0 amide bonds. The molecule has 288 valence electrons. The number of benzene rings is 5. The first-order chi connectivity index (χ1) is 24.9. The topological polar surface area (TPSA) is 55.3 Å². The number of hydrogen-bond acceptors (Lipinski definition) is 3. The van der Waals surface area contributed by atoms with Crippen molar-refractivity contribution >= 4 is 7.32 Å². The van der Waals surface area contributed by atoms with Gasteiger partial charge in [-0.1, -0.05) is 138 Å². The molecular formula is C46H55BF2I2O3. The van der Waals surface area contributed by atoms with Crippen LogP contribution in [0.25, 0.3) is 0 Å².